The summed E-state index contributed by atoms with van der Waals surface area (Å²) in [6.45, 7) is 6.59. The van der Waals surface area contributed by atoms with Crippen molar-refractivity contribution in [2.24, 2.45) is 0 Å². The van der Waals surface area contributed by atoms with Crippen LogP contribution in [0.2, 0.25) is 0 Å². The lowest BCUT2D eigenvalue weighted by Gasteiger charge is -2.23. The SMILES string of the molecule is COCCOC(=O)N(C)[C@@H](C)c1nc(C)sc1C. The maximum Gasteiger partial charge on any atom is 0.410 e. The number of hydrogen-bond donors (Lipinski definition) is 0. The van der Waals surface area contributed by atoms with Crippen molar-refractivity contribution in [1.82, 2.24) is 9.88 Å². The fraction of sp³-hybridized carbons (Fsp3) is 0.667. The number of aromatic nitrogens is 1. The van der Waals surface area contributed by atoms with Crippen LogP contribution in [0.1, 0.15) is 28.5 Å². The zero-order valence-electron chi connectivity index (χ0n) is 11.5. The van der Waals surface area contributed by atoms with Crippen LogP contribution in [-0.2, 0) is 9.47 Å². The molecule has 0 fully saturated rings. The molecule has 0 saturated carbocycles. The molecule has 18 heavy (non-hydrogen) atoms. The summed E-state index contributed by atoms with van der Waals surface area (Å²) in [5.41, 5.74) is 0.934. The van der Waals surface area contributed by atoms with Crippen LogP contribution in [0.3, 0.4) is 0 Å². The Morgan fingerprint density at radius 2 is 2.11 bits per heavy atom. The molecule has 0 bridgehead atoms. The summed E-state index contributed by atoms with van der Waals surface area (Å²) >= 11 is 1.64. The Hall–Kier alpha value is -1.14. The lowest BCUT2D eigenvalue weighted by atomic mass is 10.2. The quantitative estimate of drug-likeness (QED) is 0.773. The molecule has 0 radical (unpaired) electrons. The van der Waals surface area contributed by atoms with Crippen LogP contribution in [0.4, 0.5) is 4.79 Å². The van der Waals surface area contributed by atoms with Crippen LogP contribution in [0.15, 0.2) is 0 Å². The second kappa shape index (κ2) is 6.70. The molecule has 0 saturated heterocycles. The van der Waals surface area contributed by atoms with Crippen molar-refractivity contribution in [2.45, 2.75) is 26.8 Å². The van der Waals surface area contributed by atoms with Crippen LogP contribution in [0.25, 0.3) is 0 Å². The fourth-order valence-corrected chi connectivity index (χ4v) is 2.50. The van der Waals surface area contributed by atoms with Crippen LogP contribution in [0, 0.1) is 13.8 Å². The van der Waals surface area contributed by atoms with Gasteiger partial charge in [-0.25, -0.2) is 9.78 Å². The minimum atomic E-state index is -0.357. The second-order valence-corrected chi connectivity index (χ2v) is 5.48. The van der Waals surface area contributed by atoms with Crippen molar-refractivity contribution in [3.05, 3.63) is 15.6 Å². The van der Waals surface area contributed by atoms with Gasteiger partial charge >= 0.3 is 6.09 Å². The third-order valence-electron chi connectivity index (χ3n) is 2.72. The van der Waals surface area contributed by atoms with E-state index in [-0.39, 0.29) is 18.7 Å². The number of amides is 1. The number of rotatable bonds is 5. The monoisotopic (exact) mass is 272 g/mol. The normalized spacial score (nSPS) is 12.3. The summed E-state index contributed by atoms with van der Waals surface area (Å²) in [4.78, 5) is 18.9. The summed E-state index contributed by atoms with van der Waals surface area (Å²) in [7, 11) is 3.29. The third-order valence-corrected chi connectivity index (χ3v) is 3.62. The molecule has 0 aliphatic heterocycles. The maximum atomic E-state index is 11.8. The standard InChI is InChI=1S/C12H20N2O3S/c1-8(11-9(2)18-10(3)13-11)14(4)12(15)17-7-6-16-5/h8H,6-7H2,1-5H3/t8-/m0/s1. The highest BCUT2D eigenvalue weighted by atomic mass is 32.1. The molecular formula is C12H20N2O3S. The first-order valence-corrected chi connectivity index (χ1v) is 6.61. The molecular weight excluding hydrogens is 252 g/mol. The number of carbonyl (C=O) groups is 1. The van der Waals surface area contributed by atoms with Gasteiger partial charge in [-0.1, -0.05) is 0 Å². The molecule has 0 N–H and O–H groups in total. The lowest BCUT2D eigenvalue weighted by Crippen LogP contribution is -2.31. The van der Waals surface area contributed by atoms with E-state index in [2.05, 4.69) is 4.98 Å². The van der Waals surface area contributed by atoms with E-state index >= 15 is 0 Å². The number of hydrogen-bond acceptors (Lipinski definition) is 5. The van der Waals surface area contributed by atoms with Gasteiger partial charge in [0.05, 0.1) is 23.4 Å². The number of aryl methyl sites for hydroxylation is 2. The van der Waals surface area contributed by atoms with E-state index < -0.39 is 0 Å². The van der Waals surface area contributed by atoms with E-state index in [0.717, 1.165) is 15.6 Å². The Bertz CT molecular complexity index is 406. The molecule has 0 spiro atoms. The number of nitrogens with zero attached hydrogens (tertiary/aromatic N) is 2. The molecule has 6 heteroatoms. The highest BCUT2D eigenvalue weighted by Crippen LogP contribution is 2.26. The van der Waals surface area contributed by atoms with Crippen molar-refractivity contribution < 1.29 is 14.3 Å². The summed E-state index contributed by atoms with van der Waals surface area (Å²) in [6, 6.07) is -0.0926. The minimum absolute atomic E-state index is 0.0926. The Labute approximate surface area is 112 Å². The summed E-state index contributed by atoms with van der Waals surface area (Å²) in [5, 5.41) is 1.01. The molecule has 102 valence electrons. The molecule has 5 nitrogen and oxygen atoms in total. The fourth-order valence-electron chi connectivity index (χ4n) is 1.59. The summed E-state index contributed by atoms with van der Waals surface area (Å²) in [5.74, 6) is 0. The predicted octanol–water partition coefficient (Wildman–Crippen LogP) is 2.54. The first-order valence-electron chi connectivity index (χ1n) is 5.79. The van der Waals surface area contributed by atoms with Gasteiger partial charge in [-0.05, 0) is 20.8 Å². The van der Waals surface area contributed by atoms with Crippen LogP contribution in [-0.4, -0.2) is 43.3 Å². The zero-order valence-corrected chi connectivity index (χ0v) is 12.3. The Morgan fingerprint density at radius 3 is 2.61 bits per heavy atom. The molecule has 1 aromatic heterocycles. The van der Waals surface area contributed by atoms with Crippen LogP contribution < -0.4 is 0 Å². The molecule has 1 rings (SSSR count). The molecule has 1 atom stereocenters. The van der Waals surface area contributed by atoms with Crippen molar-refractivity contribution in [3.63, 3.8) is 0 Å². The molecule has 1 amide bonds. The number of ether oxygens (including phenoxy) is 2. The Morgan fingerprint density at radius 1 is 1.44 bits per heavy atom. The van der Waals surface area contributed by atoms with E-state index in [1.54, 1.807) is 30.4 Å². The van der Waals surface area contributed by atoms with Gasteiger partial charge in [-0.3, -0.25) is 0 Å². The van der Waals surface area contributed by atoms with E-state index in [9.17, 15) is 4.79 Å². The van der Waals surface area contributed by atoms with Gasteiger partial charge in [0, 0.05) is 19.0 Å². The van der Waals surface area contributed by atoms with Gasteiger partial charge in [0.1, 0.15) is 6.61 Å². The lowest BCUT2D eigenvalue weighted by molar-refractivity contribution is 0.0695. The highest BCUT2D eigenvalue weighted by molar-refractivity contribution is 7.11. The largest absolute Gasteiger partial charge is 0.447 e. The number of thiazole rings is 1. The first kappa shape index (κ1) is 14.9. The third kappa shape index (κ3) is 3.68. The zero-order chi connectivity index (χ0) is 13.7. The van der Waals surface area contributed by atoms with E-state index in [1.807, 2.05) is 20.8 Å². The van der Waals surface area contributed by atoms with Crippen molar-refractivity contribution in [1.29, 1.82) is 0 Å². The molecule has 0 aromatic carbocycles. The Kier molecular flexibility index (Phi) is 5.55. The highest BCUT2D eigenvalue weighted by Gasteiger charge is 2.22. The Balaban J connectivity index is 2.63. The van der Waals surface area contributed by atoms with Gasteiger partial charge in [-0.2, -0.15) is 0 Å². The first-order chi connectivity index (χ1) is 8.47. The van der Waals surface area contributed by atoms with Crippen LogP contribution in [0.5, 0.6) is 0 Å². The molecule has 0 unspecified atom stereocenters. The maximum absolute atomic E-state index is 11.8. The van der Waals surface area contributed by atoms with E-state index in [1.165, 1.54) is 0 Å². The second-order valence-electron chi connectivity index (χ2n) is 4.07. The molecule has 1 aromatic rings. The number of methoxy groups -OCH3 is 1. The van der Waals surface area contributed by atoms with E-state index in [4.69, 9.17) is 9.47 Å². The average molecular weight is 272 g/mol. The van der Waals surface area contributed by atoms with Crippen molar-refractivity contribution in [3.8, 4) is 0 Å². The van der Waals surface area contributed by atoms with Crippen molar-refractivity contribution in [2.75, 3.05) is 27.4 Å². The van der Waals surface area contributed by atoms with Crippen molar-refractivity contribution >= 4 is 17.4 Å². The number of carbonyl (C=O) groups excluding carboxylic acids is 1. The van der Waals surface area contributed by atoms with Gasteiger partial charge in [0.15, 0.2) is 0 Å². The van der Waals surface area contributed by atoms with Gasteiger partial charge in [-0.15, -0.1) is 11.3 Å². The minimum Gasteiger partial charge on any atom is -0.447 e. The molecule has 1 heterocycles. The summed E-state index contributed by atoms with van der Waals surface area (Å²) in [6.07, 6.45) is -0.357. The van der Waals surface area contributed by atoms with E-state index in [0.29, 0.717) is 6.61 Å². The topological polar surface area (TPSA) is 51.7 Å². The van der Waals surface area contributed by atoms with Gasteiger partial charge in [0.2, 0.25) is 0 Å². The predicted molar refractivity (Wildman–Crippen MR) is 71.0 cm³/mol. The smallest absolute Gasteiger partial charge is 0.410 e. The average Bonchev–Trinajstić information content (AvgIpc) is 2.66. The van der Waals surface area contributed by atoms with Gasteiger partial charge in [0.25, 0.3) is 0 Å². The molecule has 0 aliphatic rings. The van der Waals surface area contributed by atoms with Crippen LogP contribution >= 0.6 is 11.3 Å². The molecule has 0 aliphatic carbocycles. The van der Waals surface area contributed by atoms with Gasteiger partial charge < -0.3 is 14.4 Å². The summed E-state index contributed by atoms with van der Waals surface area (Å²) < 4.78 is 9.90.